The zero-order valence-electron chi connectivity index (χ0n) is 14.2. The smallest absolute Gasteiger partial charge is 0.0705 e. The largest absolute Gasteiger partial charge is 0.383 e. The van der Waals surface area contributed by atoms with Crippen molar-refractivity contribution in [2.24, 2.45) is 0 Å². The first kappa shape index (κ1) is 16.2. The number of nitrogens with zero attached hydrogens (tertiary/aromatic N) is 1. The van der Waals surface area contributed by atoms with Crippen LogP contribution in [0.3, 0.4) is 0 Å². The van der Waals surface area contributed by atoms with E-state index >= 15 is 0 Å². The molecule has 0 saturated heterocycles. The van der Waals surface area contributed by atoms with Crippen molar-refractivity contribution in [3.05, 3.63) is 52.7 Å². The fourth-order valence-electron chi connectivity index (χ4n) is 3.23. The molecule has 1 aromatic carbocycles. The number of aryl methyl sites for hydroxylation is 3. The highest BCUT2D eigenvalue weighted by Crippen LogP contribution is 2.27. The number of ether oxygens (including phenoxy) is 1. The predicted octanol–water partition coefficient (Wildman–Crippen LogP) is 3.67. The van der Waals surface area contributed by atoms with Gasteiger partial charge in [-0.05, 0) is 61.4 Å². The fraction of sp³-hybridized carbons (Fsp3) is 0.450. The second kappa shape index (κ2) is 7.71. The summed E-state index contributed by atoms with van der Waals surface area (Å²) in [7, 11) is 1.72. The van der Waals surface area contributed by atoms with E-state index in [-0.39, 0.29) is 0 Å². The van der Waals surface area contributed by atoms with Gasteiger partial charge in [0.05, 0.1) is 12.3 Å². The third-order valence-electron chi connectivity index (χ3n) is 4.64. The van der Waals surface area contributed by atoms with Crippen LogP contribution in [-0.2, 0) is 24.1 Å². The zero-order valence-corrected chi connectivity index (χ0v) is 14.2. The Morgan fingerprint density at radius 3 is 2.70 bits per heavy atom. The van der Waals surface area contributed by atoms with E-state index in [0.717, 1.165) is 31.1 Å². The minimum Gasteiger partial charge on any atom is -0.383 e. The van der Waals surface area contributed by atoms with E-state index in [9.17, 15) is 0 Å². The van der Waals surface area contributed by atoms with Crippen molar-refractivity contribution in [3.63, 3.8) is 0 Å². The van der Waals surface area contributed by atoms with Gasteiger partial charge in [-0.2, -0.15) is 0 Å². The van der Waals surface area contributed by atoms with Gasteiger partial charge in [0.15, 0.2) is 0 Å². The summed E-state index contributed by atoms with van der Waals surface area (Å²) in [4.78, 5) is 4.82. The maximum absolute atomic E-state index is 5.05. The molecular weight excluding hydrogens is 284 g/mol. The highest BCUT2D eigenvalue weighted by molar-refractivity contribution is 5.62. The molecule has 1 N–H and O–H groups in total. The quantitative estimate of drug-likeness (QED) is 0.827. The second-order valence-electron chi connectivity index (χ2n) is 6.30. The number of hydrogen-bond donors (Lipinski definition) is 1. The van der Waals surface area contributed by atoms with Crippen LogP contribution in [0.15, 0.2) is 30.3 Å². The van der Waals surface area contributed by atoms with Gasteiger partial charge >= 0.3 is 0 Å². The third kappa shape index (κ3) is 3.98. The van der Waals surface area contributed by atoms with E-state index in [1.807, 2.05) is 0 Å². The molecule has 0 fully saturated rings. The van der Waals surface area contributed by atoms with Crippen LogP contribution in [0.2, 0.25) is 0 Å². The molecule has 0 bridgehead atoms. The molecule has 0 saturated carbocycles. The van der Waals surface area contributed by atoms with Gasteiger partial charge in [-0.3, -0.25) is 4.98 Å². The summed E-state index contributed by atoms with van der Waals surface area (Å²) < 4.78 is 5.05. The van der Waals surface area contributed by atoms with Crippen molar-refractivity contribution in [1.29, 1.82) is 0 Å². The van der Waals surface area contributed by atoms with Crippen LogP contribution in [0.25, 0.3) is 11.3 Å². The summed E-state index contributed by atoms with van der Waals surface area (Å²) in [6, 6.07) is 11.2. The van der Waals surface area contributed by atoms with E-state index in [1.54, 1.807) is 7.11 Å². The number of pyridine rings is 1. The van der Waals surface area contributed by atoms with E-state index in [2.05, 4.69) is 42.6 Å². The Balaban J connectivity index is 1.74. The highest BCUT2D eigenvalue weighted by atomic mass is 16.5. The Morgan fingerprint density at radius 2 is 1.91 bits per heavy atom. The molecule has 0 radical (unpaired) electrons. The molecule has 0 spiro atoms. The van der Waals surface area contributed by atoms with Crippen molar-refractivity contribution in [2.75, 3.05) is 20.3 Å². The first-order chi connectivity index (χ1) is 11.3. The van der Waals surface area contributed by atoms with Crippen molar-refractivity contribution < 1.29 is 4.74 Å². The molecule has 0 amide bonds. The van der Waals surface area contributed by atoms with Gasteiger partial charge < -0.3 is 10.1 Å². The highest BCUT2D eigenvalue weighted by Gasteiger charge is 2.11. The topological polar surface area (TPSA) is 34.1 Å². The standard InChI is InChI=1S/C20H26N2O/c1-15-19(14-21-11-12-23-2)9-10-20(22-15)18-8-7-16-5-3-4-6-17(16)13-18/h7-10,13,21H,3-6,11-12,14H2,1-2H3. The van der Waals surface area contributed by atoms with Gasteiger partial charge in [0.2, 0.25) is 0 Å². The Labute approximate surface area is 139 Å². The lowest BCUT2D eigenvalue weighted by Crippen LogP contribution is -2.19. The molecule has 1 aliphatic carbocycles. The van der Waals surface area contributed by atoms with Crippen molar-refractivity contribution in [3.8, 4) is 11.3 Å². The molecule has 0 unspecified atom stereocenters. The molecule has 23 heavy (non-hydrogen) atoms. The van der Waals surface area contributed by atoms with Crippen molar-refractivity contribution >= 4 is 0 Å². The maximum Gasteiger partial charge on any atom is 0.0705 e. The monoisotopic (exact) mass is 310 g/mol. The van der Waals surface area contributed by atoms with Gasteiger partial charge in [-0.25, -0.2) is 0 Å². The normalized spacial score (nSPS) is 13.8. The lowest BCUT2D eigenvalue weighted by molar-refractivity contribution is 0.199. The van der Waals surface area contributed by atoms with Gasteiger partial charge in [-0.15, -0.1) is 0 Å². The van der Waals surface area contributed by atoms with Crippen LogP contribution >= 0.6 is 0 Å². The van der Waals surface area contributed by atoms with Crippen LogP contribution in [0, 0.1) is 6.92 Å². The Bertz CT molecular complexity index is 667. The van der Waals surface area contributed by atoms with E-state index in [1.165, 1.54) is 47.9 Å². The van der Waals surface area contributed by atoms with E-state index < -0.39 is 0 Å². The average molecular weight is 310 g/mol. The summed E-state index contributed by atoms with van der Waals surface area (Å²) in [5.41, 5.74) is 7.71. The molecule has 1 aromatic heterocycles. The number of rotatable bonds is 6. The molecule has 0 atom stereocenters. The molecule has 3 heteroatoms. The van der Waals surface area contributed by atoms with Gasteiger partial charge in [0, 0.05) is 31.5 Å². The number of nitrogens with one attached hydrogen (secondary N) is 1. The Morgan fingerprint density at radius 1 is 1.09 bits per heavy atom. The molecule has 3 nitrogen and oxygen atoms in total. The first-order valence-electron chi connectivity index (χ1n) is 8.56. The van der Waals surface area contributed by atoms with Crippen LogP contribution in [-0.4, -0.2) is 25.2 Å². The van der Waals surface area contributed by atoms with Crippen molar-refractivity contribution in [2.45, 2.75) is 39.2 Å². The van der Waals surface area contributed by atoms with E-state index in [4.69, 9.17) is 9.72 Å². The molecule has 1 aliphatic rings. The Kier molecular flexibility index (Phi) is 5.42. The SMILES string of the molecule is COCCNCc1ccc(-c2ccc3c(c2)CCCC3)nc1C. The minimum absolute atomic E-state index is 0.736. The van der Waals surface area contributed by atoms with Crippen LogP contribution in [0.4, 0.5) is 0 Å². The number of methoxy groups -OCH3 is 1. The van der Waals surface area contributed by atoms with Crippen LogP contribution in [0.5, 0.6) is 0 Å². The first-order valence-corrected chi connectivity index (χ1v) is 8.56. The maximum atomic E-state index is 5.05. The lowest BCUT2D eigenvalue weighted by Gasteiger charge is -2.17. The summed E-state index contributed by atoms with van der Waals surface area (Å²) >= 11 is 0. The minimum atomic E-state index is 0.736. The van der Waals surface area contributed by atoms with Crippen molar-refractivity contribution in [1.82, 2.24) is 10.3 Å². The number of benzene rings is 1. The number of hydrogen-bond acceptors (Lipinski definition) is 3. The third-order valence-corrected chi connectivity index (χ3v) is 4.64. The predicted molar refractivity (Wildman–Crippen MR) is 94.6 cm³/mol. The zero-order chi connectivity index (χ0) is 16.1. The van der Waals surface area contributed by atoms with Gasteiger partial charge in [-0.1, -0.05) is 18.2 Å². The average Bonchev–Trinajstić information content (AvgIpc) is 2.59. The van der Waals surface area contributed by atoms with Gasteiger partial charge in [0.25, 0.3) is 0 Å². The molecule has 122 valence electrons. The van der Waals surface area contributed by atoms with Crippen LogP contribution in [0.1, 0.15) is 35.2 Å². The molecular formula is C20H26N2O. The van der Waals surface area contributed by atoms with Crippen LogP contribution < -0.4 is 5.32 Å². The summed E-state index contributed by atoms with van der Waals surface area (Å²) in [5.74, 6) is 0. The fourth-order valence-corrected chi connectivity index (χ4v) is 3.23. The Hall–Kier alpha value is -1.71. The number of fused-ring (bicyclic) bond motifs is 1. The van der Waals surface area contributed by atoms with E-state index in [0.29, 0.717) is 0 Å². The number of aromatic nitrogens is 1. The summed E-state index contributed by atoms with van der Waals surface area (Å²) in [6.45, 7) is 4.53. The lowest BCUT2D eigenvalue weighted by atomic mass is 9.90. The summed E-state index contributed by atoms with van der Waals surface area (Å²) in [5, 5.41) is 3.38. The second-order valence-corrected chi connectivity index (χ2v) is 6.30. The molecule has 1 heterocycles. The molecule has 0 aliphatic heterocycles. The van der Waals surface area contributed by atoms with Gasteiger partial charge in [0.1, 0.15) is 0 Å². The summed E-state index contributed by atoms with van der Waals surface area (Å²) in [6.07, 6.45) is 5.08. The molecule has 2 aromatic rings. The molecule has 3 rings (SSSR count).